The number of nitrogens with zero attached hydrogens (tertiary/aromatic N) is 4. The molecule has 1 aromatic heterocycles. The quantitative estimate of drug-likeness (QED) is 0.813. The van der Waals surface area contributed by atoms with E-state index in [1.165, 1.54) is 18.0 Å². The van der Waals surface area contributed by atoms with Gasteiger partial charge in [0.25, 0.3) is 0 Å². The molecule has 0 saturated heterocycles. The SMILES string of the molecule is COc1cccc(C#N)c1NCCn1cc(C(=O)O)nn1. The third-order valence-electron chi connectivity index (χ3n) is 2.77. The van der Waals surface area contributed by atoms with Crippen LogP contribution < -0.4 is 10.1 Å². The van der Waals surface area contributed by atoms with Crippen molar-refractivity contribution < 1.29 is 14.6 Å². The Labute approximate surface area is 120 Å². The minimum absolute atomic E-state index is 0.106. The lowest BCUT2D eigenvalue weighted by molar-refractivity contribution is 0.0690. The van der Waals surface area contributed by atoms with Gasteiger partial charge in [0.1, 0.15) is 11.8 Å². The van der Waals surface area contributed by atoms with Gasteiger partial charge in [-0.1, -0.05) is 11.3 Å². The van der Waals surface area contributed by atoms with Crippen LogP contribution >= 0.6 is 0 Å². The summed E-state index contributed by atoms with van der Waals surface area (Å²) in [5.41, 5.74) is 0.963. The average Bonchev–Trinajstić information content (AvgIpc) is 2.96. The van der Waals surface area contributed by atoms with Gasteiger partial charge < -0.3 is 15.2 Å². The molecule has 2 aromatic rings. The number of aromatic carboxylic acids is 1. The molecule has 0 unspecified atom stereocenters. The number of carboxylic acid groups (broad SMARTS) is 1. The zero-order valence-electron chi connectivity index (χ0n) is 11.3. The Balaban J connectivity index is 2.03. The monoisotopic (exact) mass is 287 g/mol. The highest BCUT2D eigenvalue weighted by Crippen LogP contribution is 2.27. The Kier molecular flexibility index (Phi) is 4.36. The third kappa shape index (κ3) is 3.27. The number of rotatable bonds is 6. The minimum atomic E-state index is -1.12. The van der Waals surface area contributed by atoms with E-state index in [2.05, 4.69) is 21.7 Å². The van der Waals surface area contributed by atoms with Crippen molar-refractivity contribution in [3.63, 3.8) is 0 Å². The fourth-order valence-electron chi connectivity index (χ4n) is 1.78. The van der Waals surface area contributed by atoms with Crippen LogP contribution in [0, 0.1) is 11.3 Å². The maximum absolute atomic E-state index is 10.7. The zero-order valence-corrected chi connectivity index (χ0v) is 11.3. The van der Waals surface area contributed by atoms with Crippen molar-refractivity contribution in [2.75, 3.05) is 19.0 Å². The molecule has 0 bridgehead atoms. The van der Waals surface area contributed by atoms with E-state index in [1.807, 2.05) is 0 Å². The molecular weight excluding hydrogens is 274 g/mol. The maximum atomic E-state index is 10.7. The first-order valence-corrected chi connectivity index (χ1v) is 6.10. The van der Waals surface area contributed by atoms with Gasteiger partial charge in [-0.15, -0.1) is 5.10 Å². The van der Waals surface area contributed by atoms with Gasteiger partial charge in [0.05, 0.1) is 31.1 Å². The summed E-state index contributed by atoms with van der Waals surface area (Å²) >= 11 is 0. The highest BCUT2D eigenvalue weighted by molar-refractivity contribution is 5.84. The number of anilines is 1. The number of para-hydroxylation sites is 1. The molecule has 8 nitrogen and oxygen atoms in total. The molecule has 0 spiro atoms. The molecule has 0 saturated carbocycles. The van der Waals surface area contributed by atoms with Crippen molar-refractivity contribution in [3.05, 3.63) is 35.7 Å². The highest BCUT2D eigenvalue weighted by Gasteiger charge is 2.10. The fourth-order valence-corrected chi connectivity index (χ4v) is 1.78. The number of hydrogen-bond acceptors (Lipinski definition) is 6. The van der Waals surface area contributed by atoms with Crippen molar-refractivity contribution >= 4 is 11.7 Å². The molecule has 8 heteroatoms. The van der Waals surface area contributed by atoms with Gasteiger partial charge in [-0.05, 0) is 12.1 Å². The summed E-state index contributed by atoms with van der Waals surface area (Å²) in [4.78, 5) is 10.7. The summed E-state index contributed by atoms with van der Waals surface area (Å²) in [6.07, 6.45) is 1.34. The summed E-state index contributed by atoms with van der Waals surface area (Å²) in [6, 6.07) is 7.25. The molecule has 21 heavy (non-hydrogen) atoms. The molecule has 0 fully saturated rings. The van der Waals surface area contributed by atoms with Crippen molar-refractivity contribution in [2.24, 2.45) is 0 Å². The van der Waals surface area contributed by atoms with Crippen molar-refractivity contribution in [2.45, 2.75) is 6.54 Å². The molecular formula is C13H13N5O3. The zero-order chi connectivity index (χ0) is 15.2. The van der Waals surface area contributed by atoms with E-state index in [4.69, 9.17) is 15.1 Å². The van der Waals surface area contributed by atoms with E-state index < -0.39 is 5.97 Å². The van der Waals surface area contributed by atoms with Gasteiger partial charge in [-0.25, -0.2) is 9.48 Å². The Morgan fingerprint density at radius 2 is 2.38 bits per heavy atom. The minimum Gasteiger partial charge on any atom is -0.495 e. The standard InChI is InChI=1S/C13H13N5O3/c1-21-11-4-2-3-9(7-14)12(11)15-5-6-18-8-10(13(19)20)16-17-18/h2-4,8,15H,5-6H2,1H3,(H,19,20). The van der Waals surface area contributed by atoms with Crippen LogP contribution in [0.4, 0.5) is 5.69 Å². The second-order valence-electron chi connectivity index (χ2n) is 4.09. The van der Waals surface area contributed by atoms with E-state index in [1.54, 1.807) is 18.2 Å². The van der Waals surface area contributed by atoms with E-state index >= 15 is 0 Å². The van der Waals surface area contributed by atoms with Crippen molar-refractivity contribution in [1.29, 1.82) is 5.26 Å². The molecule has 2 rings (SSSR count). The lowest BCUT2D eigenvalue weighted by atomic mass is 10.2. The first-order valence-electron chi connectivity index (χ1n) is 6.10. The lowest BCUT2D eigenvalue weighted by Crippen LogP contribution is -2.12. The Bertz CT molecular complexity index is 689. The van der Waals surface area contributed by atoms with Crippen LogP contribution in [-0.4, -0.2) is 39.7 Å². The molecule has 1 aromatic carbocycles. The van der Waals surface area contributed by atoms with E-state index in [9.17, 15) is 4.79 Å². The molecule has 1 heterocycles. The van der Waals surface area contributed by atoms with E-state index in [0.717, 1.165) is 0 Å². The number of nitrogens with one attached hydrogen (secondary N) is 1. The van der Waals surface area contributed by atoms with Crippen molar-refractivity contribution in [1.82, 2.24) is 15.0 Å². The van der Waals surface area contributed by atoms with Crippen LogP contribution in [0.5, 0.6) is 5.75 Å². The second-order valence-corrected chi connectivity index (χ2v) is 4.09. The van der Waals surface area contributed by atoms with Gasteiger partial charge in [-0.2, -0.15) is 5.26 Å². The number of carbonyl (C=O) groups is 1. The van der Waals surface area contributed by atoms with E-state index in [-0.39, 0.29) is 5.69 Å². The molecule has 0 aliphatic heterocycles. The van der Waals surface area contributed by atoms with Gasteiger partial charge in [0, 0.05) is 6.54 Å². The van der Waals surface area contributed by atoms with Gasteiger partial charge in [0.15, 0.2) is 5.69 Å². The van der Waals surface area contributed by atoms with E-state index in [0.29, 0.717) is 30.1 Å². The number of aromatic nitrogens is 3. The molecule has 108 valence electrons. The number of carboxylic acids is 1. The highest BCUT2D eigenvalue weighted by atomic mass is 16.5. The normalized spacial score (nSPS) is 9.90. The van der Waals surface area contributed by atoms with Gasteiger partial charge in [0.2, 0.25) is 0 Å². The van der Waals surface area contributed by atoms with Crippen LogP contribution in [0.2, 0.25) is 0 Å². The molecule has 0 radical (unpaired) electrons. The molecule has 0 amide bonds. The number of benzene rings is 1. The smallest absolute Gasteiger partial charge is 0.358 e. The first kappa shape index (κ1) is 14.3. The summed E-state index contributed by atoms with van der Waals surface area (Å²) in [7, 11) is 1.53. The van der Waals surface area contributed by atoms with Gasteiger partial charge in [-0.3, -0.25) is 0 Å². The second kappa shape index (κ2) is 6.38. The van der Waals surface area contributed by atoms with Crippen LogP contribution in [0.1, 0.15) is 16.1 Å². The summed E-state index contributed by atoms with van der Waals surface area (Å²) in [5, 5.41) is 28.1. The largest absolute Gasteiger partial charge is 0.495 e. The van der Waals surface area contributed by atoms with Crippen LogP contribution in [0.15, 0.2) is 24.4 Å². The Hall–Kier alpha value is -3.08. The predicted octanol–water partition coefficient (Wildman–Crippen LogP) is 0.969. The average molecular weight is 287 g/mol. The predicted molar refractivity (Wildman–Crippen MR) is 73.2 cm³/mol. The number of methoxy groups -OCH3 is 1. The summed E-state index contributed by atoms with van der Waals surface area (Å²) < 4.78 is 6.61. The van der Waals surface area contributed by atoms with Crippen LogP contribution in [0.3, 0.4) is 0 Å². The molecule has 0 atom stereocenters. The molecule has 2 N–H and O–H groups in total. The summed E-state index contributed by atoms with van der Waals surface area (Å²) in [5.74, 6) is -0.551. The fraction of sp³-hybridized carbons (Fsp3) is 0.231. The molecule has 0 aliphatic rings. The Morgan fingerprint density at radius 1 is 1.57 bits per heavy atom. The number of nitriles is 1. The maximum Gasteiger partial charge on any atom is 0.358 e. The number of ether oxygens (including phenoxy) is 1. The van der Waals surface area contributed by atoms with Crippen LogP contribution in [0.25, 0.3) is 0 Å². The Morgan fingerprint density at radius 3 is 3.00 bits per heavy atom. The third-order valence-corrected chi connectivity index (χ3v) is 2.77. The molecule has 0 aliphatic carbocycles. The number of hydrogen-bond donors (Lipinski definition) is 2. The summed E-state index contributed by atoms with van der Waals surface area (Å²) in [6.45, 7) is 0.848. The van der Waals surface area contributed by atoms with Gasteiger partial charge >= 0.3 is 5.97 Å². The van der Waals surface area contributed by atoms with Crippen LogP contribution in [-0.2, 0) is 6.54 Å². The first-order chi connectivity index (χ1) is 10.2. The van der Waals surface area contributed by atoms with Crippen molar-refractivity contribution in [3.8, 4) is 11.8 Å². The lowest BCUT2D eigenvalue weighted by Gasteiger charge is -2.12. The topological polar surface area (TPSA) is 113 Å².